The lowest BCUT2D eigenvalue weighted by molar-refractivity contribution is -0.117. The Balaban J connectivity index is 1.38. The minimum absolute atomic E-state index is 0.102. The molecule has 0 fully saturated rings. The summed E-state index contributed by atoms with van der Waals surface area (Å²) in [6.07, 6.45) is 2.34. The monoisotopic (exact) mass is 380 g/mol. The summed E-state index contributed by atoms with van der Waals surface area (Å²) in [6, 6.07) is 11.9. The predicted octanol–water partition coefficient (Wildman–Crippen LogP) is 4.11. The maximum atomic E-state index is 12.7. The fraction of sp³-hybridized carbons (Fsp3) is 0.250. The first-order valence-corrected chi connectivity index (χ1v) is 10.5. The molecule has 0 atom stereocenters. The van der Waals surface area contributed by atoms with Gasteiger partial charge in [0, 0.05) is 12.1 Å². The molecule has 0 unspecified atom stereocenters. The number of aryl methyl sites for hydroxylation is 1. The Kier molecular flexibility index (Phi) is 3.83. The highest BCUT2D eigenvalue weighted by Crippen LogP contribution is 2.38. The zero-order valence-electron chi connectivity index (χ0n) is 14.0. The molecule has 5 rings (SSSR count). The number of ketones is 1. The first-order valence-electron chi connectivity index (χ1n) is 8.67. The van der Waals surface area contributed by atoms with E-state index in [4.69, 9.17) is 0 Å². The second-order valence-corrected chi connectivity index (χ2v) is 8.88. The van der Waals surface area contributed by atoms with Crippen LogP contribution in [0.1, 0.15) is 27.9 Å². The SMILES string of the molecule is O=C(CSc1nc2ccccc2s1)c1cc2c3c(c1)CC(=O)N3CCC2. The van der Waals surface area contributed by atoms with Gasteiger partial charge in [0.15, 0.2) is 10.1 Å². The van der Waals surface area contributed by atoms with Gasteiger partial charge in [-0.05, 0) is 48.2 Å². The van der Waals surface area contributed by atoms with Crippen LogP contribution in [-0.2, 0) is 17.6 Å². The Hall–Kier alpha value is -2.18. The summed E-state index contributed by atoms with van der Waals surface area (Å²) >= 11 is 3.11. The van der Waals surface area contributed by atoms with Crippen LogP contribution >= 0.6 is 23.1 Å². The lowest BCUT2D eigenvalue weighted by atomic mass is 9.96. The number of amides is 1. The van der Waals surface area contributed by atoms with E-state index in [0.717, 1.165) is 56.3 Å². The maximum absolute atomic E-state index is 12.7. The number of fused-ring (bicyclic) bond motifs is 1. The maximum Gasteiger partial charge on any atom is 0.231 e. The molecule has 2 aromatic carbocycles. The number of rotatable bonds is 4. The van der Waals surface area contributed by atoms with Crippen molar-refractivity contribution in [2.75, 3.05) is 17.2 Å². The smallest absolute Gasteiger partial charge is 0.231 e. The number of Topliss-reactive ketones (excluding diaryl/α,β-unsaturated/α-hetero) is 1. The molecule has 3 heterocycles. The van der Waals surface area contributed by atoms with Crippen LogP contribution < -0.4 is 4.90 Å². The molecule has 26 heavy (non-hydrogen) atoms. The van der Waals surface area contributed by atoms with Gasteiger partial charge in [-0.15, -0.1) is 11.3 Å². The first-order chi connectivity index (χ1) is 12.7. The number of carbonyl (C=O) groups is 2. The van der Waals surface area contributed by atoms with Gasteiger partial charge in [0.2, 0.25) is 5.91 Å². The van der Waals surface area contributed by atoms with Crippen molar-refractivity contribution in [3.8, 4) is 0 Å². The Bertz CT molecular complexity index is 1020. The van der Waals surface area contributed by atoms with Crippen molar-refractivity contribution in [2.45, 2.75) is 23.6 Å². The number of thiazole rings is 1. The zero-order chi connectivity index (χ0) is 17.7. The van der Waals surface area contributed by atoms with Gasteiger partial charge in [0.25, 0.3) is 0 Å². The van der Waals surface area contributed by atoms with Gasteiger partial charge in [0.05, 0.1) is 28.1 Å². The van der Waals surface area contributed by atoms with Gasteiger partial charge in [-0.3, -0.25) is 9.59 Å². The first kappa shape index (κ1) is 16.0. The van der Waals surface area contributed by atoms with E-state index in [1.807, 2.05) is 41.3 Å². The van der Waals surface area contributed by atoms with Crippen molar-refractivity contribution in [3.63, 3.8) is 0 Å². The van der Waals surface area contributed by atoms with Crippen LogP contribution in [0.15, 0.2) is 40.7 Å². The van der Waals surface area contributed by atoms with Crippen molar-refractivity contribution in [3.05, 3.63) is 53.1 Å². The molecule has 2 aliphatic heterocycles. The highest BCUT2D eigenvalue weighted by atomic mass is 32.2. The average Bonchev–Trinajstić information content (AvgIpc) is 3.21. The number of benzene rings is 2. The molecular formula is C20H16N2O2S2. The van der Waals surface area contributed by atoms with Crippen LogP contribution in [0, 0.1) is 0 Å². The summed E-state index contributed by atoms with van der Waals surface area (Å²) in [5.41, 5.74) is 4.93. The molecule has 130 valence electrons. The quantitative estimate of drug-likeness (QED) is 0.505. The largest absolute Gasteiger partial charge is 0.312 e. The molecule has 0 radical (unpaired) electrons. The van der Waals surface area contributed by atoms with E-state index in [2.05, 4.69) is 4.98 Å². The third-order valence-corrected chi connectivity index (χ3v) is 7.11. The molecule has 0 spiro atoms. The molecule has 0 aliphatic carbocycles. The molecule has 2 aliphatic rings. The number of carbonyl (C=O) groups excluding carboxylic acids is 2. The van der Waals surface area contributed by atoms with Crippen molar-refractivity contribution < 1.29 is 9.59 Å². The van der Waals surface area contributed by atoms with Gasteiger partial charge < -0.3 is 4.90 Å². The summed E-state index contributed by atoms with van der Waals surface area (Å²) in [5.74, 6) is 0.634. The topological polar surface area (TPSA) is 50.3 Å². The number of hydrogen-bond donors (Lipinski definition) is 0. The lowest BCUT2D eigenvalue weighted by Crippen LogP contribution is -2.31. The van der Waals surface area contributed by atoms with E-state index < -0.39 is 0 Å². The summed E-state index contributed by atoms with van der Waals surface area (Å²) in [5, 5.41) is 0. The fourth-order valence-electron chi connectivity index (χ4n) is 3.76. The van der Waals surface area contributed by atoms with Crippen molar-refractivity contribution >= 4 is 50.7 Å². The van der Waals surface area contributed by atoms with Crippen molar-refractivity contribution in [1.82, 2.24) is 4.98 Å². The fourth-order valence-corrected chi connectivity index (χ4v) is 5.73. The van der Waals surface area contributed by atoms with Gasteiger partial charge in [-0.1, -0.05) is 23.9 Å². The minimum Gasteiger partial charge on any atom is -0.312 e. The van der Waals surface area contributed by atoms with Gasteiger partial charge in [-0.25, -0.2) is 4.98 Å². The third kappa shape index (κ3) is 2.64. The number of nitrogens with zero attached hydrogens (tertiary/aromatic N) is 2. The van der Waals surface area contributed by atoms with Crippen LogP contribution in [0.2, 0.25) is 0 Å². The Morgan fingerprint density at radius 1 is 1.23 bits per heavy atom. The van der Waals surface area contributed by atoms with Crippen LogP contribution in [0.5, 0.6) is 0 Å². The average molecular weight is 380 g/mol. The highest BCUT2D eigenvalue weighted by Gasteiger charge is 2.32. The lowest BCUT2D eigenvalue weighted by Gasteiger charge is -2.25. The molecule has 1 amide bonds. The minimum atomic E-state index is 0.102. The normalized spacial score (nSPS) is 15.5. The molecular weight excluding hydrogens is 364 g/mol. The van der Waals surface area contributed by atoms with Crippen LogP contribution in [0.4, 0.5) is 5.69 Å². The molecule has 4 nitrogen and oxygen atoms in total. The second kappa shape index (κ2) is 6.21. The number of aromatic nitrogens is 1. The molecule has 0 N–H and O–H groups in total. The summed E-state index contributed by atoms with van der Waals surface area (Å²) in [6.45, 7) is 0.805. The van der Waals surface area contributed by atoms with Gasteiger partial charge in [0.1, 0.15) is 0 Å². The van der Waals surface area contributed by atoms with Crippen LogP contribution in [0.25, 0.3) is 10.2 Å². The second-order valence-electron chi connectivity index (χ2n) is 6.63. The molecule has 6 heteroatoms. The molecule has 1 aromatic heterocycles. The number of anilines is 1. The number of hydrogen-bond acceptors (Lipinski definition) is 5. The van der Waals surface area contributed by atoms with Gasteiger partial charge in [-0.2, -0.15) is 0 Å². The van der Waals surface area contributed by atoms with Crippen molar-refractivity contribution in [2.24, 2.45) is 0 Å². The van der Waals surface area contributed by atoms with Crippen LogP contribution in [-0.4, -0.2) is 29.0 Å². The predicted molar refractivity (Wildman–Crippen MR) is 105 cm³/mol. The number of thioether (sulfide) groups is 1. The summed E-state index contributed by atoms with van der Waals surface area (Å²) in [7, 11) is 0. The van der Waals surface area contributed by atoms with E-state index in [-0.39, 0.29) is 11.7 Å². The molecule has 0 bridgehead atoms. The standard InChI is InChI=1S/C20H16N2O2S2/c23-16(11-25-20-21-15-5-1-2-6-17(15)26-20)13-8-12-4-3-7-22-18(24)10-14(9-13)19(12)22/h1-2,5-6,8-9H,3-4,7,10-11H2. The zero-order valence-corrected chi connectivity index (χ0v) is 15.7. The summed E-state index contributed by atoms with van der Waals surface area (Å²) in [4.78, 5) is 31.4. The number of para-hydroxylation sites is 1. The third-order valence-electron chi connectivity index (χ3n) is 4.93. The molecule has 0 saturated heterocycles. The highest BCUT2D eigenvalue weighted by molar-refractivity contribution is 8.01. The Morgan fingerprint density at radius 3 is 2.96 bits per heavy atom. The van der Waals surface area contributed by atoms with E-state index in [1.54, 1.807) is 11.3 Å². The van der Waals surface area contributed by atoms with E-state index in [1.165, 1.54) is 11.8 Å². The van der Waals surface area contributed by atoms with Gasteiger partial charge >= 0.3 is 0 Å². The molecule has 0 saturated carbocycles. The van der Waals surface area contributed by atoms with E-state index in [9.17, 15) is 9.59 Å². The van der Waals surface area contributed by atoms with Crippen LogP contribution in [0.3, 0.4) is 0 Å². The molecule has 3 aromatic rings. The summed E-state index contributed by atoms with van der Waals surface area (Å²) < 4.78 is 2.06. The van der Waals surface area contributed by atoms with E-state index in [0.29, 0.717) is 12.2 Å². The van der Waals surface area contributed by atoms with E-state index >= 15 is 0 Å². The van der Waals surface area contributed by atoms with Crippen molar-refractivity contribution in [1.29, 1.82) is 0 Å². The Labute approximate surface area is 159 Å². The Morgan fingerprint density at radius 2 is 2.08 bits per heavy atom.